The Morgan fingerprint density at radius 3 is 1.93 bits per heavy atom. The Balaban J connectivity index is -0.000000249. The fourth-order valence-corrected chi connectivity index (χ4v) is 0.402. The zero-order valence-electron chi connectivity index (χ0n) is 7.71. The molecule has 1 atom stereocenters. The number of thiocarbonyl (C=S) groups is 1. The van der Waals surface area contributed by atoms with Gasteiger partial charge in [-0.25, -0.2) is 0 Å². The zero-order valence-corrected chi connectivity index (χ0v) is 12.6. The van der Waals surface area contributed by atoms with Gasteiger partial charge in [-0.2, -0.15) is 0 Å². The van der Waals surface area contributed by atoms with Crippen LogP contribution in [0.5, 0.6) is 0 Å². The Hall–Kier alpha value is 0.517. The number of nitrogens with two attached hydrogens (primary N) is 2. The third-order valence-electron chi connectivity index (χ3n) is 0.986. The van der Waals surface area contributed by atoms with Crippen LogP contribution in [0.4, 0.5) is 0 Å². The molecule has 0 aliphatic heterocycles. The van der Waals surface area contributed by atoms with Crippen LogP contribution in [0, 0.1) is 41.7 Å². The molecule has 86 valence electrons. The van der Waals surface area contributed by atoms with E-state index in [4.69, 9.17) is 21.7 Å². The molecule has 0 aromatic carbocycles. The molecule has 0 unspecified atom stereocenters. The van der Waals surface area contributed by atoms with E-state index in [0.29, 0.717) is 0 Å². The second-order valence-electron chi connectivity index (χ2n) is 2.22. The quantitative estimate of drug-likeness (QED) is 0.326. The van der Waals surface area contributed by atoms with Gasteiger partial charge in [-0.15, -0.1) is 12.6 Å². The first kappa shape index (κ1) is 20.9. The van der Waals surface area contributed by atoms with E-state index in [1.807, 2.05) is 0 Å². The van der Waals surface area contributed by atoms with Gasteiger partial charge in [0.05, 0.1) is 0 Å². The third-order valence-corrected chi connectivity index (χ3v) is 0.986. The molecule has 0 rings (SSSR count). The number of aliphatic carboxylic acids is 2. The van der Waals surface area contributed by atoms with Gasteiger partial charge in [-0.05, 0) is 6.42 Å². The molecular formula is C6H12CeN2O4S2. The topological polar surface area (TPSA) is 127 Å². The van der Waals surface area contributed by atoms with Crippen molar-refractivity contribution in [2.75, 3.05) is 0 Å². The van der Waals surface area contributed by atoms with E-state index in [1.54, 1.807) is 0 Å². The summed E-state index contributed by atoms with van der Waals surface area (Å²) in [5.41, 5.74) is 9.71. The van der Waals surface area contributed by atoms with E-state index in [2.05, 4.69) is 24.8 Å². The van der Waals surface area contributed by atoms with Crippen LogP contribution in [0.3, 0.4) is 0 Å². The molecule has 0 aliphatic rings. The number of rotatable bonds is 4. The van der Waals surface area contributed by atoms with Crippen molar-refractivity contribution in [1.82, 2.24) is 0 Å². The Morgan fingerprint density at radius 2 is 1.73 bits per heavy atom. The standard InChI is InChI=1S/C5H9NO4.CH3NS2.Ce/c6-3(5(9)10)1-2-4(7)8;2-1(3)4;/h3H,1-2,6H2,(H,7,8)(H,9,10);(H3,2,3,4);/t3-;;/m0../s1. The van der Waals surface area contributed by atoms with Crippen LogP contribution in [0.2, 0.25) is 0 Å². The van der Waals surface area contributed by atoms with Crippen molar-refractivity contribution >= 4 is 41.1 Å². The Kier molecular flexibility index (Phi) is 17.5. The maximum Gasteiger partial charge on any atom is 0.320 e. The number of carboxylic acids is 2. The zero-order chi connectivity index (χ0) is 11.7. The summed E-state index contributed by atoms with van der Waals surface area (Å²) in [7, 11) is 0. The Morgan fingerprint density at radius 1 is 1.40 bits per heavy atom. The van der Waals surface area contributed by atoms with Crippen molar-refractivity contribution in [2.24, 2.45) is 11.5 Å². The van der Waals surface area contributed by atoms with Gasteiger partial charge in [0.1, 0.15) is 10.4 Å². The normalized spacial score (nSPS) is 10.0. The molecule has 0 aromatic heterocycles. The minimum atomic E-state index is -1.17. The molecule has 0 radical (unpaired) electrons. The van der Waals surface area contributed by atoms with E-state index in [0.717, 1.165) is 0 Å². The Labute approximate surface area is 132 Å². The molecule has 0 amide bonds. The number of hydrogen-bond acceptors (Lipinski definition) is 4. The monoisotopic (exact) mass is 380 g/mol. The number of hydrogen-bond donors (Lipinski definition) is 5. The summed E-state index contributed by atoms with van der Waals surface area (Å²) in [6.07, 6.45) is -0.224. The fraction of sp³-hybridized carbons (Fsp3) is 0.500. The second-order valence-corrected chi connectivity index (χ2v) is 3.44. The van der Waals surface area contributed by atoms with Crippen molar-refractivity contribution in [1.29, 1.82) is 0 Å². The van der Waals surface area contributed by atoms with Gasteiger partial charge in [0.15, 0.2) is 0 Å². The second kappa shape index (κ2) is 12.6. The molecule has 0 spiro atoms. The fourth-order valence-electron chi connectivity index (χ4n) is 0.402. The van der Waals surface area contributed by atoms with E-state index >= 15 is 0 Å². The van der Waals surface area contributed by atoms with Gasteiger partial charge < -0.3 is 21.7 Å². The van der Waals surface area contributed by atoms with Crippen LogP contribution in [0.15, 0.2) is 0 Å². The summed E-state index contributed by atoms with van der Waals surface area (Å²) in [6, 6.07) is -1.06. The van der Waals surface area contributed by atoms with Gasteiger partial charge in [0, 0.05) is 48.2 Å². The molecule has 0 saturated carbocycles. The van der Waals surface area contributed by atoms with Gasteiger partial charge in [-0.1, -0.05) is 12.2 Å². The third kappa shape index (κ3) is 25.1. The average Bonchev–Trinajstić information content (AvgIpc) is 1.98. The van der Waals surface area contributed by atoms with E-state index in [1.165, 1.54) is 0 Å². The molecule has 0 bridgehead atoms. The van der Waals surface area contributed by atoms with Crippen molar-refractivity contribution in [3.63, 3.8) is 0 Å². The molecule has 0 aliphatic carbocycles. The molecule has 0 saturated heterocycles. The number of carboxylic acid groups (broad SMARTS) is 2. The molecule has 0 aromatic rings. The summed E-state index contributed by atoms with van der Waals surface area (Å²) in [5, 5.41) is 16.3. The van der Waals surface area contributed by atoms with E-state index < -0.39 is 18.0 Å². The van der Waals surface area contributed by atoms with Gasteiger partial charge in [0.2, 0.25) is 0 Å². The summed E-state index contributed by atoms with van der Waals surface area (Å²) < 4.78 is 0.194. The van der Waals surface area contributed by atoms with Gasteiger partial charge in [0.25, 0.3) is 0 Å². The SMILES string of the molecule is NC(=S)S.N[C@@H](CCC(=O)O)C(=O)O.[Ce]. The molecule has 0 fully saturated rings. The van der Waals surface area contributed by atoms with Crippen molar-refractivity contribution in [2.45, 2.75) is 18.9 Å². The molecule has 6 nitrogen and oxygen atoms in total. The van der Waals surface area contributed by atoms with Crippen molar-refractivity contribution in [3.05, 3.63) is 0 Å². The van der Waals surface area contributed by atoms with Crippen molar-refractivity contribution < 1.29 is 61.5 Å². The Bertz CT molecular complexity index is 223. The first-order valence-electron chi connectivity index (χ1n) is 3.46. The molecule has 15 heavy (non-hydrogen) atoms. The van der Waals surface area contributed by atoms with E-state index in [9.17, 15) is 9.59 Å². The number of carbonyl (C=O) groups is 2. The minimum Gasteiger partial charge on any atom is -0.481 e. The summed E-state index contributed by atoms with van der Waals surface area (Å²) in [4.78, 5) is 19.9. The average molecular weight is 380 g/mol. The van der Waals surface area contributed by atoms with Crippen LogP contribution < -0.4 is 11.5 Å². The first-order valence-corrected chi connectivity index (χ1v) is 4.31. The predicted molar refractivity (Wildman–Crippen MR) is 58.3 cm³/mol. The van der Waals surface area contributed by atoms with Gasteiger partial charge in [-0.3, -0.25) is 9.59 Å². The first-order chi connectivity index (χ1) is 6.27. The number of thiol groups is 1. The van der Waals surface area contributed by atoms with Crippen molar-refractivity contribution in [3.8, 4) is 0 Å². The molecule has 6 N–H and O–H groups in total. The smallest absolute Gasteiger partial charge is 0.320 e. The summed E-state index contributed by atoms with van der Waals surface area (Å²) >= 11 is 7.65. The van der Waals surface area contributed by atoms with Crippen LogP contribution in [0.1, 0.15) is 12.8 Å². The molecule has 0 heterocycles. The molecular weight excluding hydrogens is 368 g/mol. The van der Waals surface area contributed by atoms with Crippen LogP contribution in [-0.2, 0) is 9.59 Å². The van der Waals surface area contributed by atoms with E-state index in [-0.39, 0.29) is 58.9 Å². The summed E-state index contributed by atoms with van der Waals surface area (Å²) in [6.45, 7) is 0. The molecule has 9 heteroatoms. The minimum absolute atomic E-state index is 0. The summed E-state index contributed by atoms with van der Waals surface area (Å²) in [5.74, 6) is -2.20. The van der Waals surface area contributed by atoms with Crippen LogP contribution >= 0.6 is 24.8 Å². The predicted octanol–water partition coefficient (Wildman–Crippen LogP) is -0.577. The van der Waals surface area contributed by atoms with Crippen LogP contribution in [-0.4, -0.2) is 32.5 Å². The largest absolute Gasteiger partial charge is 0.481 e. The maximum atomic E-state index is 9.99. The van der Waals surface area contributed by atoms with Crippen LogP contribution in [0.25, 0.3) is 0 Å². The van der Waals surface area contributed by atoms with Gasteiger partial charge >= 0.3 is 11.9 Å². The maximum absolute atomic E-state index is 9.99.